The highest BCUT2D eigenvalue weighted by Crippen LogP contribution is 2.26. The van der Waals surface area contributed by atoms with Crippen molar-refractivity contribution in [2.75, 3.05) is 0 Å². The van der Waals surface area contributed by atoms with Crippen molar-refractivity contribution in [2.45, 2.75) is 12.5 Å². The van der Waals surface area contributed by atoms with Gasteiger partial charge in [-0.25, -0.2) is 0 Å². The van der Waals surface area contributed by atoms with Gasteiger partial charge in [0.05, 0.1) is 12.5 Å². The van der Waals surface area contributed by atoms with Crippen molar-refractivity contribution >= 4 is 17.3 Å². The Hall–Kier alpha value is -1.55. The normalized spacial score (nSPS) is 12.5. The summed E-state index contributed by atoms with van der Waals surface area (Å²) in [5, 5.41) is 10.8. The average molecular weight is 221 g/mol. The summed E-state index contributed by atoms with van der Waals surface area (Å²) in [5.74, 6) is -0.776. The van der Waals surface area contributed by atoms with Gasteiger partial charge in [0.2, 0.25) is 0 Å². The highest BCUT2D eigenvalue weighted by Gasteiger charge is 2.17. The molecule has 4 heteroatoms. The van der Waals surface area contributed by atoms with Crippen LogP contribution in [-0.2, 0) is 4.79 Å². The zero-order valence-corrected chi connectivity index (χ0v) is 8.85. The van der Waals surface area contributed by atoms with Crippen LogP contribution in [0.4, 0.5) is 0 Å². The monoisotopic (exact) mass is 221 g/mol. The predicted molar refractivity (Wildman–Crippen MR) is 59.1 cm³/mol. The van der Waals surface area contributed by atoms with Crippen LogP contribution in [0.25, 0.3) is 0 Å². The molecule has 2 heterocycles. The van der Waals surface area contributed by atoms with Gasteiger partial charge >= 0.3 is 5.97 Å². The third-order valence-electron chi connectivity index (χ3n) is 2.23. The standard InChI is InChI=1S/C11H11NO2S/c13-11(14)8-9(10-4-3-7-15-10)12-5-1-2-6-12/h1-7,9H,8H2,(H,13,14). The Labute approximate surface area is 91.6 Å². The molecule has 0 radical (unpaired) electrons. The quantitative estimate of drug-likeness (QED) is 0.862. The lowest BCUT2D eigenvalue weighted by atomic mass is 10.1. The summed E-state index contributed by atoms with van der Waals surface area (Å²) >= 11 is 1.59. The largest absolute Gasteiger partial charge is 0.481 e. The minimum atomic E-state index is -0.776. The third kappa shape index (κ3) is 2.27. The van der Waals surface area contributed by atoms with E-state index >= 15 is 0 Å². The van der Waals surface area contributed by atoms with E-state index in [-0.39, 0.29) is 12.5 Å². The molecule has 2 rings (SSSR count). The lowest BCUT2D eigenvalue weighted by Gasteiger charge is -2.15. The molecule has 0 aliphatic heterocycles. The van der Waals surface area contributed by atoms with Crippen molar-refractivity contribution in [1.29, 1.82) is 0 Å². The van der Waals surface area contributed by atoms with Crippen LogP contribution in [0.3, 0.4) is 0 Å². The number of nitrogens with zero attached hydrogens (tertiary/aromatic N) is 1. The minimum absolute atomic E-state index is 0.0856. The van der Waals surface area contributed by atoms with Gasteiger partial charge < -0.3 is 9.67 Å². The van der Waals surface area contributed by atoms with Gasteiger partial charge in [0.25, 0.3) is 0 Å². The first-order valence-electron chi connectivity index (χ1n) is 4.65. The number of hydrogen-bond donors (Lipinski definition) is 1. The lowest BCUT2D eigenvalue weighted by Crippen LogP contribution is -2.12. The first-order chi connectivity index (χ1) is 7.27. The maximum atomic E-state index is 10.8. The van der Waals surface area contributed by atoms with Crippen LogP contribution < -0.4 is 0 Å². The van der Waals surface area contributed by atoms with Crippen LogP contribution in [0.15, 0.2) is 42.0 Å². The molecule has 0 saturated carbocycles. The van der Waals surface area contributed by atoms with Crippen LogP contribution in [0, 0.1) is 0 Å². The van der Waals surface area contributed by atoms with Crippen molar-refractivity contribution in [3.05, 3.63) is 46.9 Å². The summed E-state index contributed by atoms with van der Waals surface area (Å²) in [5.41, 5.74) is 0. The molecule has 0 saturated heterocycles. The molecule has 1 atom stereocenters. The molecule has 3 nitrogen and oxygen atoms in total. The number of thiophene rings is 1. The third-order valence-corrected chi connectivity index (χ3v) is 3.20. The Morgan fingerprint density at radius 2 is 2.13 bits per heavy atom. The summed E-state index contributed by atoms with van der Waals surface area (Å²) in [4.78, 5) is 11.9. The SMILES string of the molecule is O=C(O)CC(c1cccs1)n1cccc1. The van der Waals surface area contributed by atoms with Gasteiger partial charge in [-0.15, -0.1) is 11.3 Å². The van der Waals surface area contributed by atoms with Crippen molar-refractivity contribution in [3.63, 3.8) is 0 Å². The fourth-order valence-electron chi connectivity index (χ4n) is 1.55. The summed E-state index contributed by atoms with van der Waals surface area (Å²) in [7, 11) is 0. The average Bonchev–Trinajstić information content (AvgIpc) is 2.87. The molecule has 2 aromatic rings. The van der Waals surface area contributed by atoms with Gasteiger partial charge in [-0.1, -0.05) is 6.07 Å². The molecular formula is C11H11NO2S. The second kappa shape index (κ2) is 4.31. The van der Waals surface area contributed by atoms with Crippen molar-refractivity contribution in [1.82, 2.24) is 4.57 Å². The molecule has 78 valence electrons. The molecule has 0 fully saturated rings. The number of aromatic nitrogens is 1. The molecule has 2 aromatic heterocycles. The summed E-state index contributed by atoms with van der Waals surface area (Å²) in [6.45, 7) is 0. The van der Waals surface area contributed by atoms with E-state index < -0.39 is 5.97 Å². The first kappa shape index (κ1) is 9.98. The Kier molecular flexibility index (Phi) is 2.87. The zero-order valence-electron chi connectivity index (χ0n) is 8.04. The maximum absolute atomic E-state index is 10.8. The summed E-state index contributed by atoms with van der Waals surface area (Å²) in [6, 6.07) is 7.64. The molecule has 0 aliphatic rings. The van der Waals surface area contributed by atoms with Crippen LogP contribution in [0.1, 0.15) is 17.3 Å². The number of carbonyl (C=O) groups is 1. The Balaban J connectivity index is 2.29. The van der Waals surface area contributed by atoms with Crippen LogP contribution in [0.5, 0.6) is 0 Å². The highest BCUT2D eigenvalue weighted by atomic mass is 32.1. The van der Waals surface area contributed by atoms with E-state index in [2.05, 4.69) is 0 Å². The van der Waals surface area contributed by atoms with E-state index in [1.807, 2.05) is 46.6 Å². The second-order valence-electron chi connectivity index (χ2n) is 3.26. The predicted octanol–water partition coefficient (Wildman–Crippen LogP) is 2.61. The molecule has 0 aromatic carbocycles. The zero-order chi connectivity index (χ0) is 10.7. The lowest BCUT2D eigenvalue weighted by molar-refractivity contribution is -0.137. The number of hydrogen-bond acceptors (Lipinski definition) is 2. The van der Waals surface area contributed by atoms with Crippen molar-refractivity contribution < 1.29 is 9.90 Å². The van der Waals surface area contributed by atoms with Gasteiger partial charge in [-0.2, -0.15) is 0 Å². The molecule has 0 amide bonds. The Morgan fingerprint density at radius 3 is 2.67 bits per heavy atom. The van der Waals surface area contributed by atoms with E-state index in [0.29, 0.717) is 0 Å². The van der Waals surface area contributed by atoms with Gasteiger partial charge in [0.15, 0.2) is 0 Å². The molecule has 0 spiro atoms. The number of rotatable bonds is 4. The van der Waals surface area contributed by atoms with Crippen LogP contribution >= 0.6 is 11.3 Å². The number of carboxylic acids is 1. The number of aliphatic carboxylic acids is 1. The maximum Gasteiger partial charge on any atom is 0.305 e. The highest BCUT2D eigenvalue weighted by molar-refractivity contribution is 7.10. The van der Waals surface area contributed by atoms with E-state index in [0.717, 1.165) is 4.88 Å². The van der Waals surface area contributed by atoms with E-state index in [9.17, 15) is 4.79 Å². The van der Waals surface area contributed by atoms with Crippen LogP contribution in [0.2, 0.25) is 0 Å². The molecular weight excluding hydrogens is 210 g/mol. The topological polar surface area (TPSA) is 42.2 Å². The summed E-state index contributed by atoms with van der Waals surface area (Å²) in [6.07, 6.45) is 3.91. The molecule has 1 unspecified atom stereocenters. The Bertz CT molecular complexity index is 385. The smallest absolute Gasteiger partial charge is 0.305 e. The minimum Gasteiger partial charge on any atom is -0.481 e. The van der Waals surface area contributed by atoms with Gasteiger partial charge in [0, 0.05) is 17.3 Å². The molecule has 0 bridgehead atoms. The van der Waals surface area contributed by atoms with E-state index in [1.165, 1.54) is 0 Å². The first-order valence-corrected chi connectivity index (χ1v) is 5.53. The summed E-state index contributed by atoms with van der Waals surface area (Å²) < 4.78 is 1.93. The van der Waals surface area contributed by atoms with E-state index in [1.54, 1.807) is 11.3 Å². The fourth-order valence-corrected chi connectivity index (χ4v) is 2.39. The van der Waals surface area contributed by atoms with E-state index in [4.69, 9.17) is 5.11 Å². The van der Waals surface area contributed by atoms with Crippen molar-refractivity contribution in [2.24, 2.45) is 0 Å². The molecule has 15 heavy (non-hydrogen) atoms. The van der Waals surface area contributed by atoms with Gasteiger partial charge in [-0.3, -0.25) is 4.79 Å². The van der Waals surface area contributed by atoms with Crippen molar-refractivity contribution in [3.8, 4) is 0 Å². The second-order valence-corrected chi connectivity index (χ2v) is 4.24. The molecule has 1 N–H and O–H groups in total. The number of carboxylic acid groups (broad SMARTS) is 1. The molecule has 0 aliphatic carbocycles. The van der Waals surface area contributed by atoms with Gasteiger partial charge in [-0.05, 0) is 23.6 Å². The van der Waals surface area contributed by atoms with Crippen LogP contribution in [-0.4, -0.2) is 15.6 Å². The Morgan fingerprint density at radius 1 is 1.40 bits per heavy atom. The fraction of sp³-hybridized carbons (Fsp3) is 0.182. The van der Waals surface area contributed by atoms with Gasteiger partial charge in [0.1, 0.15) is 0 Å².